The average molecular weight is 259 g/mol. The summed E-state index contributed by atoms with van der Waals surface area (Å²) in [4.78, 5) is 8.41. The molecule has 4 nitrogen and oxygen atoms in total. The topological polar surface area (TPSA) is 47.0 Å². The average Bonchev–Trinajstić information content (AvgIpc) is 3.22. The van der Waals surface area contributed by atoms with Crippen molar-refractivity contribution in [1.82, 2.24) is 15.3 Å². The van der Waals surface area contributed by atoms with Crippen molar-refractivity contribution in [3.63, 3.8) is 0 Å². The molecule has 0 radical (unpaired) electrons. The molecule has 1 aliphatic rings. The van der Waals surface area contributed by atoms with Crippen LogP contribution >= 0.6 is 0 Å². The van der Waals surface area contributed by atoms with Crippen LogP contribution in [0.2, 0.25) is 0 Å². The van der Waals surface area contributed by atoms with Crippen LogP contribution in [0.4, 0.5) is 4.39 Å². The molecule has 1 heterocycles. The van der Waals surface area contributed by atoms with Gasteiger partial charge < -0.3 is 10.1 Å². The number of rotatable bonds is 5. The van der Waals surface area contributed by atoms with E-state index in [1.165, 1.54) is 25.0 Å². The maximum absolute atomic E-state index is 13.0. The van der Waals surface area contributed by atoms with Gasteiger partial charge in [0.2, 0.25) is 5.88 Å². The van der Waals surface area contributed by atoms with Gasteiger partial charge in [-0.05, 0) is 25.0 Å². The van der Waals surface area contributed by atoms with Crippen molar-refractivity contribution in [1.29, 1.82) is 0 Å². The van der Waals surface area contributed by atoms with E-state index >= 15 is 0 Å². The maximum Gasteiger partial charge on any atom is 0.237 e. The van der Waals surface area contributed by atoms with Crippen molar-refractivity contribution >= 4 is 0 Å². The lowest BCUT2D eigenvalue weighted by Gasteiger charge is -2.05. The van der Waals surface area contributed by atoms with Crippen molar-refractivity contribution in [3.8, 4) is 11.6 Å². The molecule has 1 saturated carbocycles. The molecular weight excluding hydrogens is 245 g/mol. The van der Waals surface area contributed by atoms with Gasteiger partial charge in [0, 0.05) is 18.7 Å². The van der Waals surface area contributed by atoms with Gasteiger partial charge in [-0.3, -0.25) is 4.98 Å². The number of benzene rings is 1. The summed E-state index contributed by atoms with van der Waals surface area (Å²) in [5.74, 6) is 0.439. The summed E-state index contributed by atoms with van der Waals surface area (Å²) < 4.78 is 18.4. The molecule has 0 unspecified atom stereocenters. The standard InChI is InChI=1S/C14H14FN3O/c15-10-2-1-3-13(6-10)19-14-9-17-12(8-18-14)7-16-11-4-5-11/h1-3,6,8-9,11,16H,4-5,7H2. The lowest BCUT2D eigenvalue weighted by molar-refractivity contribution is 0.454. The third kappa shape index (κ3) is 3.48. The fraction of sp³-hybridized carbons (Fsp3) is 0.286. The number of nitrogens with one attached hydrogen (secondary N) is 1. The number of aromatic nitrogens is 2. The van der Waals surface area contributed by atoms with Gasteiger partial charge in [0.15, 0.2) is 0 Å². The Bertz CT molecular complexity index is 555. The van der Waals surface area contributed by atoms with E-state index in [-0.39, 0.29) is 5.82 Å². The lowest BCUT2D eigenvalue weighted by atomic mass is 10.3. The van der Waals surface area contributed by atoms with Crippen LogP contribution in [-0.4, -0.2) is 16.0 Å². The molecule has 1 aromatic carbocycles. The van der Waals surface area contributed by atoms with E-state index in [1.807, 2.05) is 0 Å². The Balaban J connectivity index is 1.61. The molecule has 98 valence electrons. The van der Waals surface area contributed by atoms with Crippen molar-refractivity contribution in [2.75, 3.05) is 0 Å². The fourth-order valence-corrected chi connectivity index (χ4v) is 1.67. The maximum atomic E-state index is 13.0. The fourth-order valence-electron chi connectivity index (χ4n) is 1.67. The summed E-state index contributed by atoms with van der Waals surface area (Å²) in [6.45, 7) is 0.720. The Morgan fingerprint density at radius 1 is 1.26 bits per heavy atom. The Morgan fingerprint density at radius 2 is 2.16 bits per heavy atom. The van der Waals surface area contributed by atoms with Gasteiger partial charge in [0.1, 0.15) is 11.6 Å². The Hall–Kier alpha value is -2.01. The van der Waals surface area contributed by atoms with Crippen LogP contribution in [0.15, 0.2) is 36.7 Å². The summed E-state index contributed by atoms with van der Waals surface area (Å²) in [6.07, 6.45) is 5.71. The zero-order valence-electron chi connectivity index (χ0n) is 10.3. The second kappa shape index (κ2) is 5.32. The molecule has 0 spiro atoms. The van der Waals surface area contributed by atoms with Crippen LogP contribution in [0.5, 0.6) is 11.6 Å². The van der Waals surface area contributed by atoms with E-state index in [4.69, 9.17) is 4.74 Å². The molecule has 19 heavy (non-hydrogen) atoms. The predicted molar refractivity (Wildman–Crippen MR) is 68.4 cm³/mol. The highest BCUT2D eigenvalue weighted by Gasteiger charge is 2.20. The monoisotopic (exact) mass is 259 g/mol. The number of nitrogens with zero attached hydrogens (tertiary/aromatic N) is 2. The second-order valence-corrected chi connectivity index (χ2v) is 4.56. The first kappa shape index (κ1) is 12.0. The number of halogens is 1. The minimum Gasteiger partial charge on any atom is -0.437 e. The number of ether oxygens (including phenoxy) is 1. The number of hydrogen-bond donors (Lipinski definition) is 1. The van der Waals surface area contributed by atoms with Crippen LogP contribution in [0, 0.1) is 5.82 Å². The normalized spacial score (nSPS) is 14.4. The molecule has 0 amide bonds. The highest BCUT2D eigenvalue weighted by atomic mass is 19.1. The molecule has 0 bridgehead atoms. The SMILES string of the molecule is Fc1cccc(Oc2cnc(CNC3CC3)cn2)c1. The Labute approximate surface area is 110 Å². The third-order valence-corrected chi connectivity index (χ3v) is 2.85. The van der Waals surface area contributed by atoms with Gasteiger partial charge in [-0.2, -0.15) is 0 Å². The molecule has 0 saturated heterocycles. The van der Waals surface area contributed by atoms with Gasteiger partial charge in [-0.15, -0.1) is 0 Å². The van der Waals surface area contributed by atoms with Gasteiger partial charge in [-0.25, -0.2) is 9.37 Å². The molecule has 1 N–H and O–H groups in total. The zero-order chi connectivity index (χ0) is 13.1. The first-order valence-electron chi connectivity index (χ1n) is 6.27. The summed E-state index contributed by atoms with van der Waals surface area (Å²) in [6, 6.07) is 6.58. The first-order valence-corrected chi connectivity index (χ1v) is 6.27. The van der Waals surface area contributed by atoms with E-state index in [2.05, 4.69) is 15.3 Å². The molecule has 5 heteroatoms. The molecule has 1 fully saturated rings. The zero-order valence-corrected chi connectivity index (χ0v) is 10.3. The summed E-state index contributed by atoms with van der Waals surface area (Å²) >= 11 is 0. The van der Waals surface area contributed by atoms with Gasteiger partial charge >= 0.3 is 0 Å². The van der Waals surface area contributed by atoms with Gasteiger partial charge in [0.05, 0.1) is 18.1 Å². The molecule has 3 rings (SSSR count). The minimum absolute atomic E-state index is 0.337. The largest absolute Gasteiger partial charge is 0.437 e. The number of hydrogen-bond acceptors (Lipinski definition) is 4. The first-order chi connectivity index (χ1) is 9.29. The molecule has 1 aliphatic carbocycles. The van der Waals surface area contributed by atoms with Gasteiger partial charge in [0.25, 0.3) is 0 Å². The summed E-state index contributed by atoms with van der Waals surface area (Å²) in [5.41, 5.74) is 0.874. The van der Waals surface area contributed by atoms with E-state index < -0.39 is 0 Å². The molecule has 0 atom stereocenters. The highest BCUT2D eigenvalue weighted by Crippen LogP contribution is 2.20. The molecule has 0 aliphatic heterocycles. The highest BCUT2D eigenvalue weighted by molar-refractivity contribution is 5.26. The quantitative estimate of drug-likeness (QED) is 0.896. The third-order valence-electron chi connectivity index (χ3n) is 2.85. The van der Waals surface area contributed by atoms with Crippen molar-refractivity contribution in [3.05, 3.63) is 48.2 Å². The van der Waals surface area contributed by atoms with E-state index in [1.54, 1.807) is 24.5 Å². The van der Waals surface area contributed by atoms with Crippen molar-refractivity contribution in [2.24, 2.45) is 0 Å². The van der Waals surface area contributed by atoms with E-state index in [0.717, 1.165) is 12.2 Å². The van der Waals surface area contributed by atoms with E-state index in [9.17, 15) is 4.39 Å². The van der Waals surface area contributed by atoms with Crippen LogP contribution in [0.25, 0.3) is 0 Å². The van der Waals surface area contributed by atoms with Gasteiger partial charge in [-0.1, -0.05) is 6.07 Å². The van der Waals surface area contributed by atoms with Crippen LogP contribution in [0.3, 0.4) is 0 Å². The lowest BCUT2D eigenvalue weighted by Crippen LogP contribution is -2.16. The molecular formula is C14H14FN3O. The minimum atomic E-state index is -0.337. The Kier molecular flexibility index (Phi) is 3.37. The van der Waals surface area contributed by atoms with E-state index in [0.29, 0.717) is 17.7 Å². The Morgan fingerprint density at radius 3 is 2.84 bits per heavy atom. The summed E-state index contributed by atoms with van der Waals surface area (Å²) in [7, 11) is 0. The van der Waals surface area contributed by atoms with Crippen molar-refractivity contribution in [2.45, 2.75) is 25.4 Å². The van der Waals surface area contributed by atoms with Crippen LogP contribution < -0.4 is 10.1 Å². The second-order valence-electron chi connectivity index (χ2n) is 4.56. The molecule has 2 aromatic rings. The van der Waals surface area contributed by atoms with Crippen LogP contribution in [-0.2, 0) is 6.54 Å². The van der Waals surface area contributed by atoms with Crippen molar-refractivity contribution < 1.29 is 9.13 Å². The predicted octanol–water partition coefficient (Wildman–Crippen LogP) is 2.66. The summed E-state index contributed by atoms with van der Waals surface area (Å²) in [5, 5.41) is 3.36. The molecule has 1 aromatic heterocycles. The van der Waals surface area contributed by atoms with Crippen LogP contribution in [0.1, 0.15) is 18.5 Å². The smallest absolute Gasteiger partial charge is 0.237 e.